The van der Waals surface area contributed by atoms with Gasteiger partial charge < -0.3 is 5.11 Å². The molecule has 0 saturated carbocycles. The number of aromatic carboxylic acids is 1. The molecule has 4 heteroatoms. The van der Waals surface area contributed by atoms with Crippen molar-refractivity contribution in [3.05, 3.63) is 46.9 Å². The van der Waals surface area contributed by atoms with Crippen LogP contribution < -0.4 is 0 Å². The van der Waals surface area contributed by atoms with E-state index in [0.29, 0.717) is 5.69 Å². The maximum absolute atomic E-state index is 10.9. The molecule has 0 unspecified atom stereocenters. The number of carbonyl (C=O) groups is 1. The van der Waals surface area contributed by atoms with Crippen LogP contribution in [0, 0.1) is 20.8 Å². The number of benzene rings is 1. The minimum Gasteiger partial charge on any atom is -0.477 e. The molecule has 18 heavy (non-hydrogen) atoms. The van der Waals surface area contributed by atoms with E-state index in [9.17, 15) is 4.79 Å². The van der Waals surface area contributed by atoms with Gasteiger partial charge >= 0.3 is 5.97 Å². The van der Waals surface area contributed by atoms with Crippen LogP contribution in [0.3, 0.4) is 0 Å². The van der Waals surface area contributed by atoms with Gasteiger partial charge in [-0.1, -0.05) is 17.7 Å². The molecular formula is C14H14N2O2. The number of hydrogen-bond acceptors (Lipinski definition) is 3. The fraction of sp³-hybridized carbons (Fsp3) is 0.214. The third-order valence-electron chi connectivity index (χ3n) is 2.82. The third kappa shape index (κ3) is 2.22. The van der Waals surface area contributed by atoms with Gasteiger partial charge in [0.05, 0.1) is 5.69 Å². The first-order valence-corrected chi connectivity index (χ1v) is 5.62. The van der Waals surface area contributed by atoms with Crippen LogP contribution in [-0.4, -0.2) is 21.0 Å². The Balaban J connectivity index is 2.62. The molecule has 0 spiro atoms. The zero-order chi connectivity index (χ0) is 13.3. The van der Waals surface area contributed by atoms with E-state index in [1.807, 2.05) is 20.8 Å². The smallest absolute Gasteiger partial charge is 0.354 e. The van der Waals surface area contributed by atoms with Gasteiger partial charge in [0.25, 0.3) is 0 Å². The van der Waals surface area contributed by atoms with E-state index in [-0.39, 0.29) is 5.69 Å². The van der Waals surface area contributed by atoms with E-state index >= 15 is 0 Å². The molecule has 1 aromatic heterocycles. The second-order valence-corrected chi connectivity index (χ2v) is 4.37. The topological polar surface area (TPSA) is 63.1 Å². The molecule has 0 saturated heterocycles. The quantitative estimate of drug-likeness (QED) is 0.879. The average Bonchev–Trinajstić information content (AvgIpc) is 2.28. The lowest BCUT2D eigenvalue weighted by molar-refractivity contribution is 0.0690. The van der Waals surface area contributed by atoms with Gasteiger partial charge in [0.2, 0.25) is 0 Å². The van der Waals surface area contributed by atoms with E-state index in [4.69, 9.17) is 5.11 Å². The Kier molecular flexibility index (Phi) is 3.10. The standard InChI is InChI=1S/C14H14N2O2/c1-8-4-9(2)13(10(3)5-8)11-6-12(14(17)18)16-7-15-11/h4-7H,1-3H3,(H,17,18). The summed E-state index contributed by atoms with van der Waals surface area (Å²) in [7, 11) is 0. The Morgan fingerprint density at radius 2 is 1.67 bits per heavy atom. The van der Waals surface area contributed by atoms with Gasteiger partial charge in [0, 0.05) is 5.56 Å². The van der Waals surface area contributed by atoms with Gasteiger partial charge in [-0.15, -0.1) is 0 Å². The van der Waals surface area contributed by atoms with Crippen molar-refractivity contribution >= 4 is 5.97 Å². The summed E-state index contributed by atoms with van der Waals surface area (Å²) in [6.45, 7) is 6.03. The van der Waals surface area contributed by atoms with E-state index in [1.165, 1.54) is 18.0 Å². The summed E-state index contributed by atoms with van der Waals surface area (Å²) in [5, 5.41) is 8.95. The first-order valence-electron chi connectivity index (χ1n) is 5.62. The maximum Gasteiger partial charge on any atom is 0.354 e. The molecule has 1 heterocycles. The summed E-state index contributed by atoms with van der Waals surface area (Å²) in [5.41, 5.74) is 4.99. The Morgan fingerprint density at radius 3 is 2.22 bits per heavy atom. The van der Waals surface area contributed by atoms with Gasteiger partial charge in [-0.2, -0.15) is 0 Å². The molecule has 0 bridgehead atoms. The predicted octanol–water partition coefficient (Wildman–Crippen LogP) is 2.77. The molecule has 4 nitrogen and oxygen atoms in total. The fourth-order valence-electron chi connectivity index (χ4n) is 2.20. The van der Waals surface area contributed by atoms with Crippen molar-refractivity contribution in [2.75, 3.05) is 0 Å². The predicted molar refractivity (Wildman–Crippen MR) is 68.6 cm³/mol. The van der Waals surface area contributed by atoms with Gasteiger partial charge in [-0.3, -0.25) is 0 Å². The lowest BCUT2D eigenvalue weighted by Crippen LogP contribution is -2.02. The average molecular weight is 242 g/mol. The van der Waals surface area contributed by atoms with E-state index < -0.39 is 5.97 Å². The number of aryl methyl sites for hydroxylation is 3. The van der Waals surface area contributed by atoms with Gasteiger partial charge in [-0.05, 0) is 38.0 Å². The fourth-order valence-corrected chi connectivity index (χ4v) is 2.20. The van der Waals surface area contributed by atoms with Crippen LogP contribution in [0.15, 0.2) is 24.5 Å². The molecule has 1 N–H and O–H groups in total. The monoisotopic (exact) mass is 242 g/mol. The van der Waals surface area contributed by atoms with Crippen LogP contribution >= 0.6 is 0 Å². The number of aromatic nitrogens is 2. The molecule has 0 radical (unpaired) electrons. The Hall–Kier alpha value is -2.23. The van der Waals surface area contributed by atoms with Crippen LogP contribution in [0.5, 0.6) is 0 Å². The van der Waals surface area contributed by atoms with Crippen molar-refractivity contribution < 1.29 is 9.90 Å². The molecule has 0 aliphatic carbocycles. The molecule has 0 amide bonds. The highest BCUT2D eigenvalue weighted by Crippen LogP contribution is 2.26. The molecule has 92 valence electrons. The van der Waals surface area contributed by atoms with Gasteiger partial charge in [-0.25, -0.2) is 14.8 Å². The second kappa shape index (κ2) is 4.56. The van der Waals surface area contributed by atoms with Gasteiger partial charge in [0.15, 0.2) is 5.69 Å². The van der Waals surface area contributed by atoms with Crippen LogP contribution in [0.1, 0.15) is 27.2 Å². The molecule has 0 fully saturated rings. The van der Waals surface area contributed by atoms with Crippen molar-refractivity contribution in [2.45, 2.75) is 20.8 Å². The maximum atomic E-state index is 10.9. The zero-order valence-electron chi connectivity index (χ0n) is 10.6. The van der Waals surface area contributed by atoms with Crippen molar-refractivity contribution in [1.82, 2.24) is 9.97 Å². The van der Waals surface area contributed by atoms with E-state index in [1.54, 1.807) is 0 Å². The molecule has 0 atom stereocenters. The first-order chi connectivity index (χ1) is 8.49. The zero-order valence-corrected chi connectivity index (χ0v) is 10.6. The molecule has 2 rings (SSSR count). The van der Waals surface area contributed by atoms with Crippen LogP contribution in [-0.2, 0) is 0 Å². The molecule has 0 aliphatic heterocycles. The molecule has 0 aliphatic rings. The van der Waals surface area contributed by atoms with Crippen molar-refractivity contribution in [1.29, 1.82) is 0 Å². The lowest BCUT2D eigenvalue weighted by atomic mass is 9.97. The molecule has 1 aromatic carbocycles. The highest BCUT2D eigenvalue weighted by Gasteiger charge is 2.11. The van der Waals surface area contributed by atoms with Crippen LogP contribution in [0.4, 0.5) is 0 Å². The van der Waals surface area contributed by atoms with Crippen LogP contribution in [0.2, 0.25) is 0 Å². The highest BCUT2D eigenvalue weighted by molar-refractivity contribution is 5.86. The van der Waals surface area contributed by atoms with Gasteiger partial charge in [0.1, 0.15) is 6.33 Å². The Morgan fingerprint density at radius 1 is 1.06 bits per heavy atom. The second-order valence-electron chi connectivity index (χ2n) is 4.37. The van der Waals surface area contributed by atoms with E-state index in [0.717, 1.165) is 16.7 Å². The summed E-state index contributed by atoms with van der Waals surface area (Å²) in [6.07, 6.45) is 1.29. The first kappa shape index (κ1) is 12.2. The Bertz CT molecular complexity index is 598. The number of nitrogens with zero attached hydrogens (tertiary/aromatic N) is 2. The largest absolute Gasteiger partial charge is 0.477 e. The normalized spacial score (nSPS) is 10.4. The summed E-state index contributed by atoms with van der Waals surface area (Å²) in [4.78, 5) is 18.8. The lowest BCUT2D eigenvalue weighted by Gasteiger charge is -2.10. The summed E-state index contributed by atoms with van der Waals surface area (Å²) in [5.74, 6) is -1.04. The summed E-state index contributed by atoms with van der Waals surface area (Å²) >= 11 is 0. The number of rotatable bonds is 2. The minimum absolute atomic E-state index is 0.0133. The number of carboxylic acids is 1. The summed E-state index contributed by atoms with van der Waals surface area (Å²) in [6, 6.07) is 5.63. The Labute approximate surface area is 105 Å². The van der Waals surface area contributed by atoms with Crippen molar-refractivity contribution in [2.24, 2.45) is 0 Å². The van der Waals surface area contributed by atoms with Crippen molar-refractivity contribution in [3.8, 4) is 11.3 Å². The highest BCUT2D eigenvalue weighted by atomic mass is 16.4. The third-order valence-corrected chi connectivity index (χ3v) is 2.82. The SMILES string of the molecule is Cc1cc(C)c(-c2cc(C(=O)O)ncn2)c(C)c1. The van der Waals surface area contributed by atoms with Crippen LogP contribution in [0.25, 0.3) is 11.3 Å². The number of carboxylic acid groups (broad SMARTS) is 1. The minimum atomic E-state index is -1.04. The summed E-state index contributed by atoms with van der Waals surface area (Å²) < 4.78 is 0. The molecule has 2 aromatic rings. The molecular weight excluding hydrogens is 228 g/mol. The van der Waals surface area contributed by atoms with E-state index in [2.05, 4.69) is 22.1 Å². The van der Waals surface area contributed by atoms with Crippen molar-refractivity contribution in [3.63, 3.8) is 0 Å². The number of hydrogen-bond donors (Lipinski definition) is 1.